The summed E-state index contributed by atoms with van der Waals surface area (Å²) in [5, 5.41) is 9.97. The quantitative estimate of drug-likeness (QED) is 0.785. The lowest BCUT2D eigenvalue weighted by molar-refractivity contribution is -0.116. The van der Waals surface area contributed by atoms with Crippen molar-refractivity contribution in [3.63, 3.8) is 0 Å². The molecule has 1 aliphatic rings. The molecule has 2 aromatic rings. The lowest BCUT2D eigenvalue weighted by atomic mass is 10.2. The Morgan fingerprint density at radius 1 is 1.11 bits per heavy atom. The van der Waals surface area contributed by atoms with Gasteiger partial charge in [0.25, 0.3) is 0 Å². The topological polar surface area (TPSA) is 96.3 Å². The van der Waals surface area contributed by atoms with Crippen LogP contribution in [0.1, 0.15) is 26.2 Å². The number of piperidine rings is 1. The zero-order chi connectivity index (χ0) is 19.4. The van der Waals surface area contributed by atoms with Gasteiger partial charge in [-0.15, -0.1) is 0 Å². The summed E-state index contributed by atoms with van der Waals surface area (Å²) < 4.78 is 28.5. The van der Waals surface area contributed by atoms with Crippen LogP contribution >= 0.6 is 0 Å². The molecule has 0 saturated carbocycles. The molecule has 1 atom stereocenters. The molecule has 1 aromatic carbocycles. The number of aryl methyl sites for hydroxylation is 1. The highest BCUT2D eigenvalue weighted by Crippen LogP contribution is 2.22. The highest BCUT2D eigenvalue weighted by atomic mass is 32.2. The third-order valence-corrected chi connectivity index (χ3v) is 6.46. The van der Waals surface area contributed by atoms with Crippen molar-refractivity contribution in [3.05, 3.63) is 36.5 Å². The van der Waals surface area contributed by atoms with Crippen molar-refractivity contribution in [1.82, 2.24) is 14.1 Å². The summed E-state index contributed by atoms with van der Waals surface area (Å²) >= 11 is 0. The molecule has 2 N–H and O–H groups in total. The van der Waals surface area contributed by atoms with Crippen LogP contribution in [-0.2, 0) is 21.9 Å². The first kappa shape index (κ1) is 19.4. The fourth-order valence-electron chi connectivity index (χ4n) is 2.99. The average Bonchev–Trinajstić information content (AvgIpc) is 3.07. The summed E-state index contributed by atoms with van der Waals surface area (Å²) in [6.45, 7) is 2.87. The van der Waals surface area contributed by atoms with Gasteiger partial charge in [-0.2, -0.15) is 9.40 Å². The normalized spacial score (nSPS) is 16.7. The summed E-state index contributed by atoms with van der Waals surface area (Å²) in [7, 11) is -1.66. The maximum Gasteiger partial charge on any atom is 0.246 e. The maximum absolute atomic E-state index is 12.7. The van der Waals surface area contributed by atoms with Crippen molar-refractivity contribution >= 4 is 27.4 Å². The first-order chi connectivity index (χ1) is 12.9. The number of rotatable bonds is 6. The number of aromatic nitrogens is 2. The standard InChI is InChI=1S/C18H25N5O3S/c1-14(19-17-10-13-22(2)21-17)18(24)20-15-6-8-16(9-7-15)27(25,26)23-11-4-3-5-12-23/h6-10,13-14H,3-5,11-12H2,1-2H3,(H,19,21)(H,20,24). The molecule has 1 aliphatic heterocycles. The van der Waals surface area contributed by atoms with E-state index in [1.165, 1.54) is 16.4 Å². The SMILES string of the molecule is CC(Nc1ccn(C)n1)C(=O)Nc1ccc(S(=O)(=O)N2CCCCC2)cc1. The summed E-state index contributed by atoms with van der Waals surface area (Å²) in [6, 6.07) is 7.60. The first-order valence-electron chi connectivity index (χ1n) is 9.03. The first-order valence-corrected chi connectivity index (χ1v) is 10.5. The van der Waals surface area contributed by atoms with Gasteiger partial charge >= 0.3 is 0 Å². The van der Waals surface area contributed by atoms with E-state index in [-0.39, 0.29) is 10.8 Å². The molecule has 2 heterocycles. The molecular weight excluding hydrogens is 366 g/mol. The van der Waals surface area contributed by atoms with E-state index in [0.29, 0.717) is 24.6 Å². The van der Waals surface area contributed by atoms with Crippen LogP contribution < -0.4 is 10.6 Å². The number of nitrogens with zero attached hydrogens (tertiary/aromatic N) is 3. The van der Waals surface area contributed by atoms with Gasteiger partial charge in [-0.25, -0.2) is 8.42 Å². The van der Waals surface area contributed by atoms with E-state index in [9.17, 15) is 13.2 Å². The molecule has 0 spiro atoms. The van der Waals surface area contributed by atoms with Crippen molar-refractivity contribution < 1.29 is 13.2 Å². The number of amides is 1. The van der Waals surface area contributed by atoms with Gasteiger partial charge in [-0.1, -0.05) is 6.42 Å². The number of carbonyl (C=O) groups is 1. The van der Waals surface area contributed by atoms with Gasteiger partial charge in [-0.3, -0.25) is 9.48 Å². The van der Waals surface area contributed by atoms with Gasteiger partial charge in [-0.05, 0) is 44.0 Å². The number of carbonyl (C=O) groups excluding carboxylic acids is 1. The molecule has 1 unspecified atom stereocenters. The molecule has 0 radical (unpaired) electrons. The Kier molecular flexibility index (Phi) is 5.81. The second-order valence-corrected chi connectivity index (χ2v) is 8.66. The fraction of sp³-hybridized carbons (Fsp3) is 0.444. The Morgan fingerprint density at radius 2 is 1.78 bits per heavy atom. The van der Waals surface area contributed by atoms with Gasteiger partial charge in [0.2, 0.25) is 15.9 Å². The molecule has 0 aliphatic carbocycles. The van der Waals surface area contributed by atoms with Gasteiger partial charge in [0, 0.05) is 38.1 Å². The lowest BCUT2D eigenvalue weighted by Gasteiger charge is -2.25. The largest absolute Gasteiger partial charge is 0.357 e. The van der Waals surface area contributed by atoms with Gasteiger partial charge in [0.15, 0.2) is 0 Å². The Morgan fingerprint density at radius 3 is 2.37 bits per heavy atom. The second kappa shape index (κ2) is 8.10. The molecule has 0 bridgehead atoms. The number of hydrogen-bond acceptors (Lipinski definition) is 5. The highest BCUT2D eigenvalue weighted by molar-refractivity contribution is 7.89. The Labute approximate surface area is 159 Å². The minimum absolute atomic E-state index is 0.229. The molecule has 8 nitrogen and oxygen atoms in total. The van der Waals surface area contributed by atoms with Gasteiger partial charge in [0.05, 0.1) is 4.90 Å². The van der Waals surface area contributed by atoms with Crippen LogP contribution in [0.2, 0.25) is 0 Å². The third kappa shape index (κ3) is 4.67. The molecule has 1 aromatic heterocycles. The number of sulfonamides is 1. The van der Waals surface area contributed by atoms with Crippen LogP contribution in [0.15, 0.2) is 41.4 Å². The van der Waals surface area contributed by atoms with E-state index >= 15 is 0 Å². The van der Waals surface area contributed by atoms with Crippen LogP contribution in [0.4, 0.5) is 11.5 Å². The third-order valence-electron chi connectivity index (χ3n) is 4.55. The van der Waals surface area contributed by atoms with E-state index in [1.807, 2.05) is 0 Å². The van der Waals surface area contributed by atoms with Crippen LogP contribution in [0.3, 0.4) is 0 Å². The molecule has 3 rings (SSSR count). The van der Waals surface area contributed by atoms with E-state index in [2.05, 4.69) is 15.7 Å². The Hall–Kier alpha value is -2.39. The average molecular weight is 391 g/mol. The summed E-state index contributed by atoms with van der Waals surface area (Å²) in [6.07, 6.45) is 4.65. The van der Waals surface area contributed by atoms with E-state index in [0.717, 1.165) is 19.3 Å². The summed E-state index contributed by atoms with van der Waals surface area (Å²) in [4.78, 5) is 12.6. The predicted molar refractivity (Wildman–Crippen MR) is 104 cm³/mol. The maximum atomic E-state index is 12.7. The van der Waals surface area contributed by atoms with Gasteiger partial charge < -0.3 is 10.6 Å². The van der Waals surface area contributed by atoms with Crippen molar-refractivity contribution in [2.75, 3.05) is 23.7 Å². The monoisotopic (exact) mass is 391 g/mol. The minimum Gasteiger partial charge on any atom is -0.357 e. The second-order valence-electron chi connectivity index (χ2n) is 6.72. The van der Waals surface area contributed by atoms with Crippen molar-refractivity contribution in [2.45, 2.75) is 37.1 Å². The number of nitrogens with one attached hydrogen (secondary N) is 2. The highest BCUT2D eigenvalue weighted by Gasteiger charge is 2.25. The van der Waals surface area contributed by atoms with Crippen LogP contribution in [-0.4, -0.2) is 47.5 Å². The number of anilines is 2. The molecule has 1 amide bonds. The van der Waals surface area contributed by atoms with Crippen molar-refractivity contribution in [3.8, 4) is 0 Å². The molecule has 1 saturated heterocycles. The summed E-state index contributed by atoms with van der Waals surface area (Å²) in [5.74, 6) is 0.385. The van der Waals surface area contributed by atoms with E-state index in [4.69, 9.17) is 0 Å². The molecule has 146 valence electrons. The molecule has 1 fully saturated rings. The molecule has 9 heteroatoms. The van der Waals surface area contributed by atoms with Crippen LogP contribution in [0.5, 0.6) is 0 Å². The van der Waals surface area contributed by atoms with Gasteiger partial charge in [0.1, 0.15) is 11.9 Å². The number of hydrogen-bond donors (Lipinski definition) is 2. The van der Waals surface area contributed by atoms with E-state index in [1.54, 1.807) is 43.0 Å². The minimum atomic E-state index is -3.46. The molecular formula is C18H25N5O3S. The smallest absolute Gasteiger partial charge is 0.246 e. The number of benzene rings is 1. The Bertz CT molecular complexity index is 886. The Balaban J connectivity index is 1.62. The molecule has 27 heavy (non-hydrogen) atoms. The van der Waals surface area contributed by atoms with Crippen molar-refractivity contribution in [2.24, 2.45) is 7.05 Å². The zero-order valence-corrected chi connectivity index (χ0v) is 16.4. The van der Waals surface area contributed by atoms with E-state index < -0.39 is 16.1 Å². The van der Waals surface area contributed by atoms with Crippen LogP contribution in [0, 0.1) is 0 Å². The predicted octanol–water partition coefficient (Wildman–Crippen LogP) is 2.03. The zero-order valence-electron chi connectivity index (χ0n) is 15.6. The summed E-state index contributed by atoms with van der Waals surface area (Å²) in [5.41, 5.74) is 0.548. The van der Waals surface area contributed by atoms with Crippen LogP contribution in [0.25, 0.3) is 0 Å². The van der Waals surface area contributed by atoms with Crippen molar-refractivity contribution in [1.29, 1.82) is 0 Å². The fourth-order valence-corrected chi connectivity index (χ4v) is 4.51. The lowest BCUT2D eigenvalue weighted by Crippen LogP contribution is -2.35.